The summed E-state index contributed by atoms with van der Waals surface area (Å²) in [5, 5.41) is 9.30. The summed E-state index contributed by atoms with van der Waals surface area (Å²) >= 11 is 6.31. The molecule has 0 spiro atoms. The highest BCUT2D eigenvalue weighted by Crippen LogP contribution is 2.35. The van der Waals surface area contributed by atoms with Gasteiger partial charge in [0, 0.05) is 5.56 Å². The quantitative estimate of drug-likeness (QED) is 0.919. The molecule has 0 saturated heterocycles. The Morgan fingerprint density at radius 2 is 1.85 bits per heavy atom. The molecule has 0 fully saturated rings. The van der Waals surface area contributed by atoms with Gasteiger partial charge < -0.3 is 9.84 Å². The van der Waals surface area contributed by atoms with Crippen molar-refractivity contribution in [3.05, 3.63) is 53.1 Å². The van der Waals surface area contributed by atoms with Crippen LogP contribution in [0.25, 0.3) is 11.1 Å². The number of aryl methyl sites for hydroxylation is 1. The molecule has 1 N–H and O–H groups in total. The van der Waals surface area contributed by atoms with E-state index in [1.165, 1.54) is 6.92 Å². The Hall–Kier alpha value is -2.00. The van der Waals surface area contributed by atoms with Crippen molar-refractivity contribution >= 4 is 17.6 Å². The van der Waals surface area contributed by atoms with Gasteiger partial charge >= 0.3 is 5.97 Å². The van der Waals surface area contributed by atoms with Crippen LogP contribution in [0.3, 0.4) is 0 Å². The van der Waals surface area contributed by atoms with E-state index in [0.29, 0.717) is 10.8 Å². The Morgan fingerprint density at radius 1 is 1.20 bits per heavy atom. The molecule has 0 aliphatic carbocycles. The number of ether oxygens (including phenoxy) is 1. The lowest BCUT2D eigenvalue weighted by Gasteiger charge is -2.14. The monoisotopic (exact) mass is 290 g/mol. The lowest BCUT2D eigenvalue weighted by molar-refractivity contribution is -0.144. The fourth-order valence-corrected chi connectivity index (χ4v) is 2.08. The molecule has 20 heavy (non-hydrogen) atoms. The number of carboxylic acid groups (broad SMARTS) is 1. The molecule has 0 aliphatic heterocycles. The molecular formula is C16H15ClO3. The number of hydrogen-bond acceptors (Lipinski definition) is 2. The van der Waals surface area contributed by atoms with E-state index in [2.05, 4.69) is 0 Å². The molecule has 2 rings (SSSR count). The van der Waals surface area contributed by atoms with E-state index in [0.717, 1.165) is 16.7 Å². The van der Waals surface area contributed by atoms with Gasteiger partial charge in [0.15, 0.2) is 6.10 Å². The highest BCUT2D eigenvalue weighted by Gasteiger charge is 2.16. The fourth-order valence-electron chi connectivity index (χ4n) is 1.80. The summed E-state index contributed by atoms with van der Waals surface area (Å²) in [6.45, 7) is 3.48. The second-order valence-corrected chi connectivity index (χ2v) is 4.96. The number of carbonyl (C=O) groups is 1. The molecule has 2 aromatic carbocycles. The molecule has 0 heterocycles. The van der Waals surface area contributed by atoms with Crippen molar-refractivity contribution in [3.63, 3.8) is 0 Å². The summed E-state index contributed by atoms with van der Waals surface area (Å²) < 4.78 is 5.36. The summed E-state index contributed by atoms with van der Waals surface area (Å²) in [5.41, 5.74) is 2.95. The molecule has 2 aromatic rings. The van der Waals surface area contributed by atoms with Crippen molar-refractivity contribution in [2.75, 3.05) is 0 Å². The highest BCUT2D eigenvalue weighted by atomic mass is 35.5. The molecule has 104 valence electrons. The summed E-state index contributed by atoms with van der Waals surface area (Å²) in [6.07, 6.45) is -0.944. The Morgan fingerprint density at radius 3 is 2.45 bits per heavy atom. The van der Waals surface area contributed by atoms with Crippen LogP contribution in [0.2, 0.25) is 5.02 Å². The second-order valence-electron chi connectivity index (χ2n) is 4.58. The number of rotatable bonds is 4. The van der Waals surface area contributed by atoms with E-state index in [-0.39, 0.29) is 0 Å². The first-order valence-electron chi connectivity index (χ1n) is 6.24. The zero-order chi connectivity index (χ0) is 14.7. The normalized spacial score (nSPS) is 11.9. The van der Waals surface area contributed by atoms with E-state index in [1.54, 1.807) is 12.1 Å². The molecule has 0 radical (unpaired) electrons. The Labute approximate surface area is 122 Å². The minimum atomic E-state index is -1.03. The van der Waals surface area contributed by atoms with Crippen LogP contribution < -0.4 is 4.74 Å². The fraction of sp³-hybridized carbons (Fsp3) is 0.188. The van der Waals surface area contributed by atoms with Gasteiger partial charge in [-0.25, -0.2) is 4.79 Å². The first-order valence-corrected chi connectivity index (χ1v) is 6.62. The number of halogens is 1. The van der Waals surface area contributed by atoms with Crippen LogP contribution in [-0.2, 0) is 4.79 Å². The Balaban J connectivity index is 2.36. The third kappa shape index (κ3) is 3.11. The van der Waals surface area contributed by atoms with E-state index >= 15 is 0 Å². The van der Waals surface area contributed by atoms with E-state index in [9.17, 15) is 4.79 Å². The minimum absolute atomic E-state index is 0.375. The van der Waals surface area contributed by atoms with Crippen molar-refractivity contribution in [3.8, 4) is 16.9 Å². The maximum Gasteiger partial charge on any atom is 0.344 e. The van der Waals surface area contributed by atoms with Crippen LogP contribution in [0.15, 0.2) is 42.5 Å². The lowest BCUT2D eigenvalue weighted by atomic mass is 10.0. The topological polar surface area (TPSA) is 46.5 Å². The first-order chi connectivity index (χ1) is 9.49. The number of hydrogen-bond donors (Lipinski definition) is 1. The molecule has 0 aliphatic rings. The van der Waals surface area contributed by atoms with Crippen LogP contribution >= 0.6 is 11.6 Å². The van der Waals surface area contributed by atoms with Crippen LogP contribution in [0.1, 0.15) is 12.5 Å². The van der Waals surface area contributed by atoms with Crippen molar-refractivity contribution < 1.29 is 14.6 Å². The standard InChI is InChI=1S/C16H15ClO3/c1-10-6-8-12(9-7-10)13-4-3-5-14(15(13)17)20-11(2)16(18)19/h3-9,11H,1-2H3,(H,18,19). The summed E-state index contributed by atoms with van der Waals surface area (Å²) in [7, 11) is 0. The molecule has 4 heteroatoms. The van der Waals surface area contributed by atoms with Gasteiger partial charge in [0.2, 0.25) is 0 Å². The second kappa shape index (κ2) is 5.97. The third-order valence-electron chi connectivity index (χ3n) is 2.98. The van der Waals surface area contributed by atoms with E-state index in [1.807, 2.05) is 37.3 Å². The maximum atomic E-state index is 10.8. The van der Waals surface area contributed by atoms with Crippen LogP contribution in [0.5, 0.6) is 5.75 Å². The predicted octanol–water partition coefficient (Wildman–Crippen LogP) is 4.17. The molecular weight excluding hydrogens is 276 g/mol. The zero-order valence-corrected chi connectivity index (χ0v) is 12.0. The molecule has 0 saturated carbocycles. The Kier molecular flexibility index (Phi) is 4.30. The van der Waals surface area contributed by atoms with Gasteiger partial charge in [-0.1, -0.05) is 53.6 Å². The van der Waals surface area contributed by atoms with Crippen molar-refractivity contribution in [2.45, 2.75) is 20.0 Å². The molecule has 0 amide bonds. The number of carboxylic acids is 1. The Bertz CT molecular complexity index is 620. The average molecular weight is 291 g/mol. The number of aliphatic carboxylic acids is 1. The molecule has 3 nitrogen and oxygen atoms in total. The minimum Gasteiger partial charge on any atom is -0.479 e. The van der Waals surface area contributed by atoms with E-state index in [4.69, 9.17) is 21.4 Å². The van der Waals surface area contributed by atoms with Crippen LogP contribution in [0, 0.1) is 6.92 Å². The first kappa shape index (κ1) is 14.4. The maximum absolute atomic E-state index is 10.8. The highest BCUT2D eigenvalue weighted by molar-refractivity contribution is 6.34. The average Bonchev–Trinajstić information content (AvgIpc) is 2.42. The van der Waals surface area contributed by atoms with Gasteiger partial charge in [-0.05, 0) is 25.5 Å². The number of benzene rings is 2. The van der Waals surface area contributed by atoms with Crippen LogP contribution in [0.4, 0.5) is 0 Å². The van der Waals surface area contributed by atoms with Gasteiger partial charge in [0.05, 0.1) is 5.02 Å². The van der Waals surface area contributed by atoms with Crippen LogP contribution in [-0.4, -0.2) is 17.2 Å². The van der Waals surface area contributed by atoms with Gasteiger partial charge in [0.25, 0.3) is 0 Å². The van der Waals surface area contributed by atoms with Crippen molar-refractivity contribution in [2.24, 2.45) is 0 Å². The van der Waals surface area contributed by atoms with E-state index < -0.39 is 12.1 Å². The predicted molar refractivity (Wildman–Crippen MR) is 79.4 cm³/mol. The summed E-state index contributed by atoms with van der Waals surface area (Å²) in [5.74, 6) is -0.651. The van der Waals surface area contributed by atoms with Gasteiger partial charge in [-0.15, -0.1) is 0 Å². The molecule has 0 aromatic heterocycles. The van der Waals surface area contributed by atoms with Crippen molar-refractivity contribution in [1.82, 2.24) is 0 Å². The smallest absolute Gasteiger partial charge is 0.344 e. The largest absolute Gasteiger partial charge is 0.479 e. The third-order valence-corrected chi connectivity index (χ3v) is 3.37. The summed E-state index contributed by atoms with van der Waals surface area (Å²) in [4.78, 5) is 10.8. The summed E-state index contributed by atoms with van der Waals surface area (Å²) in [6, 6.07) is 13.3. The lowest BCUT2D eigenvalue weighted by Crippen LogP contribution is -2.23. The van der Waals surface area contributed by atoms with Gasteiger partial charge in [-0.2, -0.15) is 0 Å². The SMILES string of the molecule is Cc1ccc(-c2cccc(OC(C)C(=O)O)c2Cl)cc1. The van der Waals surface area contributed by atoms with Crippen molar-refractivity contribution in [1.29, 1.82) is 0 Å². The van der Waals surface area contributed by atoms with Gasteiger partial charge in [0.1, 0.15) is 5.75 Å². The zero-order valence-electron chi connectivity index (χ0n) is 11.3. The molecule has 1 atom stereocenters. The van der Waals surface area contributed by atoms with Gasteiger partial charge in [-0.3, -0.25) is 0 Å². The molecule has 0 bridgehead atoms. The molecule has 1 unspecified atom stereocenters.